The molecule has 1 aromatic heterocycles. The van der Waals surface area contributed by atoms with E-state index in [1.165, 1.54) is 6.20 Å². The number of hydrogen-bond acceptors (Lipinski definition) is 4. The Bertz CT molecular complexity index is 631. The molecule has 0 aliphatic heterocycles. The molecule has 0 unspecified atom stereocenters. The van der Waals surface area contributed by atoms with Crippen LogP contribution in [-0.4, -0.2) is 17.6 Å². The number of ether oxygens (including phenoxy) is 1. The number of pyridine rings is 1. The van der Waals surface area contributed by atoms with Gasteiger partial charge in [0.15, 0.2) is 0 Å². The van der Waals surface area contributed by atoms with Crippen molar-refractivity contribution in [2.75, 3.05) is 12.3 Å². The summed E-state index contributed by atoms with van der Waals surface area (Å²) < 4.78 is 5.68. The normalized spacial score (nSPS) is 10.6. The maximum absolute atomic E-state index is 11.7. The number of hydrogen-bond donors (Lipinski definition) is 1. The van der Waals surface area contributed by atoms with Crippen molar-refractivity contribution in [3.05, 3.63) is 33.4 Å². The molecule has 0 saturated heterocycles. The van der Waals surface area contributed by atoms with E-state index < -0.39 is 5.97 Å². The fraction of sp³-hybridized carbons (Fsp3) is 0.167. The molecule has 0 aliphatic rings. The molecule has 0 bridgehead atoms. The molecule has 0 spiro atoms. The van der Waals surface area contributed by atoms with Crippen molar-refractivity contribution in [2.24, 2.45) is 0 Å². The molecular formula is C12H10BrClN2O2. The number of anilines is 1. The average Bonchev–Trinajstić information content (AvgIpc) is 2.34. The Labute approximate surface area is 117 Å². The number of aromatic nitrogens is 1. The van der Waals surface area contributed by atoms with Gasteiger partial charge in [-0.2, -0.15) is 0 Å². The van der Waals surface area contributed by atoms with E-state index in [4.69, 9.17) is 22.1 Å². The number of nitrogen functional groups attached to an aromatic ring is 1. The molecule has 94 valence electrons. The summed E-state index contributed by atoms with van der Waals surface area (Å²) in [5.74, 6) is -0.500. The standard InChI is InChI=1S/C12H10BrClN2O2/c1-2-18-12(17)6-5-16-11-7(13)3-4-8(14)9(11)10(6)15/h3-5H,2H2,1H3,(H2,15,16). The Kier molecular flexibility index (Phi) is 3.73. The Balaban J connectivity index is 2.71. The third-order valence-electron chi connectivity index (χ3n) is 2.46. The lowest BCUT2D eigenvalue weighted by Gasteiger charge is -2.10. The summed E-state index contributed by atoms with van der Waals surface area (Å²) in [6.07, 6.45) is 1.40. The van der Waals surface area contributed by atoms with Gasteiger partial charge in [-0.15, -0.1) is 0 Å². The van der Waals surface area contributed by atoms with Gasteiger partial charge in [0, 0.05) is 16.1 Å². The van der Waals surface area contributed by atoms with Crippen LogP contribution in [-0.2, 0) is 4.74 Å². The number of nitrogens with two attached hydrogens (primary N) is 1. The zero-order valence-corrected chi connectivity index (χ0v) is 11.9. The zero-order chi connectivity index (χ0) is 13.3. The molecule has 2 rings (SSSR count). The number of fused-ring (bicyclic) bond motifs is 1. The van der Waals surface area contributed by atoms with E-state index in [1.807, 2.05) is 0 Å². The van der Waals surface area contributed by atoms with E-state index in [0.29, 0.717) is 15.9 Å². The zero-order valence-electron chi connectivity index (χ0n) is 9.54. The fourth-order valence-corrected chi connectivity index (χ4v) is 2.32. The van der Waals surface area contributed by atoms with Crippen LogP contribution in [0.5, 0.6) is 0 Å². The molecule has 6 heteroatoms. The topological polar surface area (TPSA) is 65.2 Å². The van der Waals surface area contributed by atoms with Crippen LogP contribution >= 0.6 is 27.5 Å². The van der Waals surface area contributed by atoms with E-state index in [-0.39, 0.29) is 17.9 Å². The smallest absolute Gasteiger partial charge is 0.341 e. The quantitative estimate of drug-likeness (QED) is 0.858. The van der Waals surface area contributed by atoms with Crippen molar-refractivity contribution in [2.45, 2.75) is 6.92 Å². The molecule has 4 nitrogen and oxygen atoms in total. The number of esters is 1. The van der Waals surface area contributed by atoms with Crippen molar-refractivity contribution in [1.29, 1.82) is 0 Å². The third kappa shape index (κ3) is 2.15. The fourth-order valence-electron chi connectivity index (χ4n) is 1.63. The monoisotopic (exact) mass is 328 g/mol. The summed E-state index contributed by atoms with van der Waals surface area (Å²) in [5.41, 5.74) is 7.10. The minimum atomic E-state index is -0.500. The van der Waals surface area contributed by atoms with Crippen molar-refractivity contribution in [1.82, 2.24) is 4.98 Å². The van der Waals surface area contributed by atoms with Gasteiger partial charge < -0.3 is 10.5 Å². The Morgan fingerprint density at radius 3 is 2.94 bits per heavy atom. The van der Waals surface area contributed by atoms with Gasteiger partial charge in [-0.25, -0.2) is 4.79 Å². The van der Waals surface area contributed by atoms with E-state index in [2.05, 4.69) is 20.9 Å². The molecule has 0 radical (unpaired) electrons. The van der Waals surface area contributed by atoms with Crippen molar-refractivity contribution in [3.8, 4) is 0 Å². The molecule has 0 aliphatic carbocycles. The first-order chi connectivity index (χ1) is 8.56. The highest BCUT2D eigenvalue weighted by molar-refractivity contribution is 9.10. The third-order valence-corrected chi connectivity index (χ3v) is 3.41. The highest BCUT2D eigenvalue weighted by Crippen LogP contribution is 2.34. The van der Waals surface area contributed by atoms with Crippen LogP contribution in [0, 0.1) is 0 Å². The van der Waals surface area contributed by atoms with E-state index in [1.54, 1.807) is 19.1 Å². The van der Waals surface area contributed by atoms with Crippen LogP contribution in [0.4, 0.5) is 5.69 Å². The van der Waals surface area contributed by atoms with Crippen LogP contribution in [0.15, 0.2) is 22.8 Å². The predicted molar refractivity (Wildman–Crippen MR) is 74.8 cm³/mol. The highest BCUT2D eigenvalue weighted by Gasteiger charge is 2.17. The van der Waals surface area contributed by atoms with Gasteiger partial charge in [-0.3, -0.25) is 4.98 Å². The van der Waals surface area contributed by atoms with Gasteiger partial charge >= 0.3 is 5.97 Å². The maximum atomic E-state index is 11.7. The van der Waals surface area contributed by atoms with Gasteiger partial charge in [0.05, 0.1) is 22.8 Å². The summed E-state index contributed by atoms with van der Waals surface area (Å²) in [6.45, 7) is 2.01. The second kappa shape index (κ2) is 5.12. The highest BCUT2D eigenvalue weighted by atomic mass is 79.9. The van der Waals surface area contributed by atoms with Crippen molar-refractivity contribution < 1.29 is 9.53 Å². The number of rotatable bonds is 2. The maximum Gasteiger partial charge on any atom is 0.341 e. The molecule has 0 fully saturated rings. The lowest BCUT2D eigenvalue weighted by molar-refractivity contribution is 0.0527. The largest absolute Gasteiger partial charge is 0.462 e. The van der Waals surface area contributed by atoms with Crippen molar-refractivity contribution >= 4 is 50.1 Å². The minimum Gasteiger partial charge on any atom is -0.462 e. The lowest BCUT2D eigenvalue weighted by atomic mass is 10.1. The molecule has 1 heterocycles. The second-order valence-electron chi connectivity index (χ2n) is 3.56. The Hall–Kier alpha value is -1.33. The molecule has 18 heavy (non-hydrogen) atoms. The van der Waals surface area contributed by atoms with Crippen LogP contribution in [0.2, 0.25) is 5.02 Å². The Morgan fingerprint density at radius 1 is 1.56 bits per heavy atom. The van der Waals surface area contributed by atoms with Gasteiger partial charge in [0.1, 0.15) is 5.56 Å². The van der Waals surface area contributed by atoms with Gasteiger partial charge in [-0.05, 0) is 35.0 Å². The number of carbonyl (C=O) groups excluding carboxylic acids is 1. The second-order valence-corrected chi connectivity index (χ2v) is 4.82. The first-order valence-electron chi connectivity index (χ1n) is 5.25. The molecule has 2 N–H and O–H groups in total. The summed E-state index contributed by atoms with van der Waals surface area (Å²) in [4.78, 5) is 15.9. The van der Waals surface area contributed by atoms with Gasteiger partial charge in [0.25, 0.3) is 0 Å². The number of benzene rings is 1. The predicted octanol–water partition coefficient (Wildman–Crippen LogP) is 3.41. The molecule has 1 aromatic carbocycles. The van der Waals surface area contributed by atoms with Crippen LogP contribution in [0.25, 0.3) is 10.9 Å². The average molecular weight is 330 g/mol. The molecule has 0 saturated carbocycles. The number of halogens is 2. The van der Waals surface area contributed by atoms with Crippen LogP contribution in [0.3, 0.4) is 0 Å². The Morgan fingerprint density at radius 2 is 2.28 bits per heavy atom. The minimum absolute atomic E-state index is 0.226. The number of carbonyl (C=O) groups is 1. The van der Waals surface area contributed by atoms with Gasteiger partial charge in [0.2, 0.25) is 0 Å². The van der Waals surface area contributed by atoms with E-state index in [0.717, 1.165) is 4.47 Å². The lowest BCUT2D eigenvalue weighted by Crippen LogP contribution is -2.09. The molecular weight excluding hydrogens is 320 g/mol. The molecule has 2 aromatic rings. The molecule has 0 atom stereocenters. The molecule has 0 amide bonds. The van der Waals surface area contributed by atoms with E-state index in [9.17, 15) is 4.79 Å². The number of nitrogens with zero attached hydrogens (tertiary/aromatic N) is 1. The van der Waals surface area contributed by atoms with Crippen molar-refractivity contribution in [3.63, 3.8) is 0 Å². The summed E-state index contributed by atoms with van der Waals surface area (Å²) in [6, 6.07) is 3.47. The van der Waals surface area contributed by atoms with Gasteiger partial charge in [-0.1, -0.05) is 11.6 Å². The SMILES string of the molecule is CCOC(=O)c1cnc2c(Br)ccc(Cl)c2c1N. The summed E-state index contributed by atoms with van der Waals surface area (Å²) in [5, 5.41) is 1.00. The summed E-state index contributed by atoms with van der Waals surface area (Å²) >= 11 is 9.46. The first-order valence-corrected chi connectivity index (χ1v) is 6.42. The summed E-state index contributed by atoms with van der Waals surface area (Å²) in [7, 11) is 0. The van der Waals surface area contributed by atoms with Crippen LogP contribution in [0.1, 0.15) is 17.3 Å². The van der Waals surface area contributed by atoms with Crippen LogP contribution < -0.4 is 5.73 Å². The van der Waals surface area contributed by atoms with E-state index >= 15 is 0 Å². The first kappa shape index (κ1) is 13.1.